The topological polar surface area (TPSA) is 86.6 Å². The zero-order chi connectivity index (χ0) is 12.8. The van der Waals surface area contributed by atoms with Crippen LogP contribution in [0.25, 0.3) is 0 Å². The lowest BCUT2D eigenvalue weighted by atomic mass is 10.1. The highest BCUT2D eigenvalue weighted by atomic mass is 16.4. The predicted molar refractivity (Wildman–Crippen MR) is 61.8 cm³/mol. The van der Waals surface area contributed by atoms with E-state index >= 15 is 0 Å². The number of carboxylic acids is 2. The maximum absolute atomic E-state index is 11.0. The monoisotopic (exact) mass is 237 g/mol. The summed E-state index contributed by atoms with van der Waals surface area (Å²) in [6.45, 7) is 1.42. The quantitative estimate of drug-likeness (QED) is 0.679. The van der Waals surface area contributed by atoms with Gasteiger partial charge in [-0.15, -0.1) is 0 Å². The van der Waals surface area contributed by atoms with E-state index in [4.69, 9.17) is 10.2 Å². The molecule has 0 saturated carbocycles. The van der Waals surface area contributed by atoms with Crippen molar-refractivity contribution >= 4 is 11.9 Å². The van der Waals surface area contributed by atoms with Crippen molar-refractivity contribution in [3.63, 3.8) is 0 Å². The predicted octanol–water partition coefficient (Wildman–Crippen LogP) is 0.745. The Morgan fingerprint density at radius 3 is 2.24 bits per heavy atom. The van der Waals surface area contributed by atoms with Crippen molar-refractivity contribution in [3.05, 3.63) is 35.9 Å². The van der Waals surface area contributed by atoms with Gasteiger partial charge in [-0.2, -0.15) is 0 Å². The standard InChI is InChI=1S/C12H15NO4/c1-8(11(14)15)13-10(12(16)17)7-9-5-3-2-4-6-9/h2-6,8,10,13H,7H2,1H3,(H,14,15)(H,16,17)/t8-,10+/m0/s1. The SMILES string of the molecule is C[C@H](N[C@H](Cc1ccccc1)C(=O)O)C(=O)O. The molecule has 0 unspecified atom stereocenters. The molecule has 0 aliphatic carbocycles. The van der Waals surface area contributed by atoms with Gasteiger partial charge in [0.1, 0.15) is 12.1 Å². The Morgan fingerprint density at radius 2 is 1.76 bits per heavy atom. The summed E-state index contributed by atoms with van der Waals surface area (Å²) >= 11 is 0. The summed E-state index contributed by atoms with van der Waals surface area (Å²) in [7, 11) is 0. The largest absolute Gasteiger partial charge is 0.480 e. The van der Waals surface area contributed by atoms with E-state index in [-0.39, 0.29) is 6.42 Å². The molecular formula is C12H15NO4. The normalized spacial score (nSPS) is 13.9. The second kappa shape index (κ2) is 6.00. The highest BCUT2D eigenvalue weighted by Crippen LogP contribution is 2.04. The molecule has 0 spiro atoms. The first-order valence-electron chi connectivity index (χ1n) is 5.26. The van der Waals surface area contributed by atoms with Gasteiger partial charge >= 0.3 is 11.9 Å². The van der Waals surface area contributed by atoms with Gasteiger partial charge in [-0.05, 0) is 18.9 Å². The van der Waals surface area contributed by atoms with Crippen molar-refractivity contribution in [1.29, 1.82) is 0 Å². The van der Waals surface area contributed by atoms with Crippen molar-refractivity contribution in [3.8, 4) is 0 Å². The van der Waals surface area contributed by atoms with Gasteiger partial charge in [0, 0.05) is 0 Å². The highest BCUT2D eigenvalue weighted by molar-refractivity contribution is 5.77. The fourth-order valence-corrected chi connectivity index (χ4v) is 1.44. The molecule has 5 heteroatoms. The number of hydrogen-bond donors (Lipinski definition) is 3. The molecule has 0 bridgehead atoms. The molecule has 0 aliphatic heterocycles. The van der Waals surface area contributed by atoms with Crippen molar-refractivity contribution < 1.29 is 19.8 Å². The minimum absolute atomic E-state index is 0.258. The number of rotatable bonds is 6. The van der Waals surface area contributed by atoms with Gasteiger partial charge in [-0.25, -0.2) is 0 Å². The van der Waals surface area contributed by atoms with Crippen LogP contribution in [0.1, 0.15) is 12.5 Å². The molecule has 0 radical (unpaired) electrons. The van der Waals surface area contributed by atoms with E-state index in [1.54, 1.807) is 0 Å². The molecule has 2 atom stereocenters. The highest BCUT2D eigenvalue weighted by Gasteiger charge is 2.22. The molecule has 17 heavy (non-hydrogen) atoms. The molecule has 0 aromatic heterocycles. The van der Waals surface area contributed by atoms with Crippen LogP contribution in [0.4, 0.5) is 0 Å². The number of carbonyl (C=O) groups is 2. The minimum atomic E-state index is -1.07. The maximum Gasteiger partial charge on any atom is 0.321 e. The Labute approximate surface area is 99.1 Å². The Bertz CT molecular complexity index is 391. The molecular weight excluding hydrogens is 222 g/mol. The van der Waals surface area contributed by atoms with E-state index in [1.165, 1.54) is 6.92 Å². The molecule has 92 valence electrons. The van der Waals surface area contributed by atoms with Crippen molar-refractivity contribution in [2.45, 2.75) is 25.4 Å². The fourth-order valence-electron chi connectivity index (χ4n) is 1.44. The molecule has 1 aromatic rings. The first-order chi connectivity index (χ1) is 8.00. The average Bonchev–Trinajstić information content (AvgIpc) is 2.29. The van der Waals surface area contributed by atoms with Gasteiger partial charge in [0.25, 0.3) is 0 Å². The second-order valence-electron chi connectivity index (χ2n) is 3.81. The van der Waals surface area contributed by atoms with Gasteiger partial charge < -0.3 is 10.2 Å². The van der Waals surface area contributed by atoms with Crippen LogP contribution < -0.4 is 5.32 Å². The third kappa shape index (κ3) is 4.24. The molecule has 5 nitrogen and oxygen atoms in total. The van der Waals surface area contributed by atoms with Gasteiger partial charge in [-0.3, -0.25) is 14.9 Å². The zero-order valence-corrected chi connectivity index (χ0v) is 9.46. The van der Waals surface area contributed by atoms with E-state index < -0.39 is 24.0 Å². The van der Waals surface area contributed by atoms with Gasteiger partial charge in [0.05, 0.1) is 0 Å². The van der Waals surface area contributed by atoms with E-state index in [0.717, 1.165) is 5.56 Å². The summed E-state index contributed by atoms with van der Waals surface area (Å²) in [5.41, 5.74) is 0.852. The number of hydrogen-bond acceptors (Lipinski definition) is 3. The molecule has 0 fully saturated rings. The molecule has 0 heterocycles. The summed E-state index contributed by atoms with van der Waals surface area (Å²) in [6.07, 6.45) is 0.258. The van der Waals surface area contributed by atoms with Crippen molar-refractivity contribution in [1.82, 2.24) is 5.32 Å². The third-order valence-corrected chi connectivity index (χ3v) is 2.40. The summed E-state index contributed by atoms with van der Waals surface area (Å²) in [5.74, 6) is -2.12. The number of benzene rings is 1. The van der Waals surface area contributed by atoms with Crippen LogP contribution in [0.3, 0.4) is 0 Å². The van der Waals surface area contributed by atoms with Crippen LogP contribution in [0.15, 0.2) is 30.3 Å². The molecule has 1 rings (SSSR count). The second-order valence-corrected chi connectivity index (χ2v) is 3.81. The molecule has 1 aromatic carbocycles. The lowest BCUT2D eigenvalue weighted by Gasteiger charge is -2.17. The summed E-state index contributed by atoms with van der Waals surface area (Å²) in [6, 6.07) is 7.30. The van der Waals surface area contributed by atoms with Crippen molar-refractivity contribution in [2.75, 3.05) is 0 Å². The Balaban J connectivity index is 2.67. The lowest BCUT2D eigenvalue weighted by molar-refractivity contribution is -0.142. The average molecular weight is 237 g/mol. The Kier molecular flexibility index (Phi) is 4.66. The van der Waals surface area contributed by atoms with Crippen molar-refractivity contribution in [2.24, 2.45) is 0 Å². The van der Waals surface area contributed by atoms with Gasteiger partial charge in [0.2, 0.25) is 0 Å². The van der Waals surface area contributed by atoms with Crippen LogP contribution >= 0.6 is 0 Å². The van der Waals surface area contributed by atoms with E-state index in [9.17, 15) is 9.59 Å². The summed E-state index contributed by atoms with van der Waals surface area (Å²) in [4.78, 5) is 21.7. The summed E-state index contributed by atoms with van der Waals surface area (Å²) < 4.78 is 0. The van der Waals surface area contributed by atoms with Crippen LogP contribution in [0.5, 0.6) is 0 Å². The number of nitrogens with one attached hydrogen (secondary N) is 1. The van der Waals surface area contributed by atoms with Gasteiger partial charge in [-0.1, -0.05) is 30.3 Å². The maximum atomic E-state index is 11.0. The minimum Gasteiger partial charge on any atom is -0.480 e. The molecule has 0 amide bonds. The molecule has 0 aliphatic rings. The first-order valence-corrected chi connectivity index (χ1v) is 5.26. The Hall–Kier alpha value is -1.88. The first kappa shape index (κ1) is 13.2. The summed E-state index contributed by atoms with van der Waals surface area (Å²) in [5, 5.41) is 20.3. The van der Waals surface area contributed by atoms with E-state index in [2.05, 4.69) is 5.32 Å². The molecule has 3 N–H and O–H groups in total. The van der Waals surface area contributed by atoms with E-state index in [1.807, 2.05) is 30.3 Å². The number of carboxylic acid groups (broad SMARTS) is 2. The van der Waals surface area contributed by atoms with Crippen LogP contribution in [-0.2, 0) is 16.0 Å². The fraction of sp³-hybridized carbons (Fsp3) is 0.333. The molecule has 0 saturated heterocycles. The van der Waals surface area contributed by atoms with E-state index in [0.29, 0.717) is 0 Å². The van der Waals surface area contributed by atoms with Crippen LogP contribution in [0, 0.1) is 0 Å². The van der Waals surface area contributed by atoms with Crippen LogP contribution in [-0.4, -0.2) is 34.2 Å². The lowest BCUT2D eigenvalue weighted by Crippen LogP contribution is -2.46. The number of aliphatic carboxylic acids is 2. The van der Waals surface area contributed by atoms with Gasteiger partial charge in [0.15, 0.2) is 0 Å². The third-order valence-electron chi connectivity index (χ3n) is 2.40. The van der Waals surface area contributed by atoms with Crippen LogP contribution in [0.2, 0.25) is 0 Å². The zero-order valence-electron chi connectivity index (χ0n) is 9.46. The smallest absolute Gasteiger partial charge is 0.321 e. The Morgan fingerprint density at radius 1 is 1.18 bits per heavy atom.